The molecule has 3 rings (SSSR count). The molecule has 1 atom stereocenters. The van der Waals surface area contributed by atoms with Crippen LogP contribution in [0, 0.1) is 0 Å². The Morgan fingerprint density at radius 3 is 2.73 bits per heavy atom. The third-order valence-corrected chi connectivity index (χ3v) is 5.40. The molecule has 138 valence electrons. The molecular weight excluding hydrogens is 369 g/mol. The molecule has 1 fully saturated rings. The first-order chi connectivity index (χ1) is 12.1. The number of amides is 1. The predicted octanol–water partition coefficient (Wildman–Crippen LogP) is 3.91. The number of rotatable bonds is 3. The third kappa shape index (κ3) is 3.18. The summed E-state index contributed by atoms with van der Waals surface area (Å²) in [5, 5.41) is 11.1. The van der Waals surface area contributed by atoms with E-state index in [2.05, 4.69) is 4.98 Å². The predicted molar refractivity (Wildman–Crippen MR) is 88.9 cm³/mol. The number of thiazole rings is 1. The Kier molecular flexibility index (Phi) is 4.51. The lowest BCUT2D eigenvalue weighted by atomic mass is 9.99. The summed E-state index contributed by atoms with van der Waals surface area (Å²) in [5.74, 6) is -1.61. The number of halogens is 3. The molecule has 0 radical (unpaired) electrons. The zero-order valence-corrected chi connectivity index (χ0v) is 14.5. The highest BCUT2D eigenvalue weighted by Gasteiger charge is 2.46. The molecule has 1 amide bonds. The van der Waals surface area contributed by atoms with Crippen LogP contribution < -0.4 is 0 Å². The number of nitrogens with zero attached hydrogens (tertiary/aromatic N) is 2. The highest BCUT2D eigenvalue weighted by atomic mass is 32.1. The standard InChI is InChI=1S/C17H15F3N2O3S/c1-16(15(24)25)6-3-7-22(16)14(23)12-9-26-13(21-12)10-4-2-5-11(8-10)17(18,19)20/h2,4-5,8-9H,3,6-7H2,1H3,(H,24,25). The van der Waals surface area contributed by atoms with Crippen LogP contribution in [0.4, 0.5) is 13.2 Å². The molecule has 0 spiro atoms. The molecule has 9 heteroatoms. The van der Waals surface area contributed by atoms with Crippen molar-refractivity contribution in [2.45, 2.75) is 31.5 Å². The SMILES string of the molecule is CC1(C(=O)O)CCCN1C(=O)c1csc(-c2cccc(C(F)(F)F)c2)n1. The van der Waals surface area contributed by atoms with Crippen molar-refractivity contribution in [1.29, 1.82) is 0 Å². The monoisotopic (exact) mass is 384 g/mol. The quantitative estimate of drug-likeness (QED) is 0.871. The molecule has 1 N–H and O–H groups in total. The first-order valence-corrected chi connectivity index (χ1v) is 8.69. The second-order valence-electron chi connectivity index (χ2n) is 6.26. The lowest BCUT2D eigenvalue weighted by Crippen LogP contribution is -2.50. The summed E-state index contributed by atoms with van der Waals surface area (Å²) in [7, 11) is 0. The largest absolute Gasteiger partial charge is 0.480 e. The minimum atomic E-state index is -4.47. The van der Waals surface area contributed by atoms with Gasteiger partial charge in [0.05, 0.1) is 5.56 Å². The van der Waals surface area contributed by atoms with Crippen LogP contribution in [0.2, 0.25) is 0 Å². The Bertz CT molecular complexity index is 865. The number of hydrogen-bond acceptors (Lipinski definition) is 4. The number of benzene rings is 1. The maximum atomic E-state index is 12.8. The van der Waals surface area contributed by atoms with Gasteiger partial charge in [-0.25, -0.2) is 9.78 Å². The van der Waals surface area contributed by atoms with Gasteiger partial charge in [0, 0.05) is 17.5 Å². The average molecular weight is 384 g/mol. The van der Waals surface area contributed by atoms with Crippen molar-refractivity contribution in [3.8, 4) is 10.6 Å². The summed E-state index contributed by atoms with van der Waals surface area (Å²) in [4.78, 5) is 29.6. The van der Waals surface area contributed by atoms with Gasteiger partial charge in [-0.3, -0.25) is 4.79 Å². The summed E-state index contributed by atoms with van der Waals surface area (Å²) in [5.41, 5.74) is -1.80. The Labute approximate surface area is 151 Å². The second-order valence-corrected chi connectivity index (χ2v) is 7.11. The number of hydrogen-bond donors (Lipinski definition) is 1. The Morgan fingerprint density at radius 1 is 1.35 bits per heavy atom. The molecular formula is C17H15F3N2O3S. The summed E-state index contributed by atoms with van der Waals surface area (Å²) in [6.45, 7) is 1.79. The van der Waals surface area contributed by atoms with Gasteiger partial charge in [0.25, 0.3) is 5.91 Å². The summed E-state index contributed by atoms with van der Waals surface area (Å²) >= 11 is 1.04. The van der Waals surface area contributed by atoms with Crippen LogP contribution in [0.1, 0.15) is 35.8 Å². The van der Waals surface area contributed by atoms with Gasteiger partial charge in [-0.15, -0.1) is 11.3 Å². The van der Waals surface area contributed by atoms with Crippen LogP contribution in [-0.4, -0.2) is 39.0 Å². The number of alkyl halides is 3. The number of carboxylic acid groups (broad SMARTS) is 1. The summed E-state index contributed by atoms with van der Waals surface area (Å²) < 4.78 is 38.5. The van der Waals surface area contributed by atoms with Crippen molar-refractivity contribution in [2.75, 3.05) is 6.54 Å². The maximum Gasteiger partial charge on any atom is 0.416 e. The number of likely N-dealkylation sites (tertiary alicyclic amines) is 1. The number of carbonyl (C=O) groups is 2. The topological polar surface area (TPSA) is 70.5 Å². The second kappa shape index (κ2) is 6.39. The van der Waals surface area contributed by atoms with E-state index in [-0.39, 0.29) is 16.3 Å². The van der Waals surface area contributed by atoms with E-state index in [4.69, 9.17) is 0 Å². The molecule has 0 saturated carbocycles. The maximum absolute atomic E-state index is 12.8. The van der Waals surface area contributed by atoms with Gasteiger partial charge in [-0.2, -0.15) is 13.2 Å². The van der Waals surface area contributed by atoms with E-state index in [9.17, 15) is 27.9 Å². The van der Waals surface area contributed by atoms with Crippen LogP contribution >= 0.6 is 11.3 Å². The summed E-state index contributed by atoms with van der Waals surface area (Å²) in [6, 6.07) is 4.71. The first-order valence-electron chi connectivity index (χ1n) is 7.81. The lowest BCUT2D eigenvalue weighted by Gasteiger charge is -2.30. The molecule has 1 saturated heterocycles. The number of carboxylic acids is 1. The molecule has 5 nitrogen and oxygen atoms in total. The fourth-order valence-corrected chi connectivity index (χ4v) is 3.77. The fourth-order valence-electron chi connectivity index (χ4n) is 2.98. The van der Waals surface area contributed by atoms with Gasteiger partial charge < -0.3 is 10.0 Å². The first kappa shape index (κ1) is 18.4. The lowest BCUT2D eigenvalue weighted by molar-refractivity contribution is -0.147. The van der Waals surface area contributed by atoms with Gasteiger partial charge in [0.15, 0.2) is 0 Å². The third-order valence-electron chi connectivity index (χ3n) is 4.51. The van der Waals surface area contributed by atoms with Crippen molar-refractivity contribution in [3.05, 3.63) is 40.9 Å². The molecule has 2 heterocycles. The van der Waals surface area contributed by atoms with Gasteiger partial charge in [0.1, 0.15) is 16.2 Å². The fraction of sp³-hybridized carbons (Fsp3) is 0.353. The van der Waals surface area contributed by atoms with Gasteiger partial charge in [-0.05, 0) is 31.9 Å². The van der Waals surface area contributed by atoms with Gasteiger partial charge in [-0.1, -0.05) is 12.1 Å². The zero-order valence-electron chi connectivity index (χ0n) is 13.7. The Hall–Kier alpha value is -2.42. The van der Waals surface area contributed by atoms with E-state index in [0.717, 1.165) is 23.5 Å². The minimum absolute atomic E-state index is 0.0387. The zero-order chi connectivity index (χ0) is 19.1. The van der Waals surface area contributed by atoms with Crippen LogP contribution in [0.25, 0.3) is 10.6 Å². The van der Waals surface area contributed by atoms with Gasteiger partial charge >= 0.3 is 12.1 Å². The normalized spacial score (nSPS) is 20.4. The van der Waals surface area contributed by atoms with E-state index < -0.39 is 29.2 Å². The Morgan fingerprint density at radius 2 is 2.08 bits per heavy atom. The van der Waals surface area contributed by atoms with E-state index in [0.29, 0.717) is 19.4 Å². The number of aromatic nitrogens is 1. The highest BCUT2D eigenvalue weighted by molar-refractivity contribution is 7.13. The average Bonchev–Trinajstić information content (AvgIpc) is 3.21. The molecule has 1 aromatic carbocycles. The van der Waals surface area contributed by atoms with E-state index in [1.807, 2.05) is 0 Å². The molecule has 1 aliphatic heterocycles. The van der Waals surface area contributed by atoms with Gasteiger partial charge in [0.2, 0.25) is 0 Å². The van der Waals surface area contributed by atoms with E-state index in [1.54, 1.807) is 0 Å². The number of carbonyl (C=O) groups excluding carboxylic acids is 1. The van der Waals surface area contributed by atoms with Crippen molar-refractivity contribution in [1.82, 2.24) is 9.88 Å². The number of aliphatic carboxylic acids is 1. The minimum Gasteiger partial charge on any atom is -0.480 e. The van der Waals surface area contributed by atoms with E-state index in [1.165, 1.54) is 29.3 Å². The van der Waals surface area contributed by atoms with Crippen LogP contribution in [0.5, 0.6) is 0 Å². The molecule has 2 aromatic rings. The van der Waals surface area contributed by atoms with Crippen LogP contribution in [-0.2, 0) is 11.0 Å². The molecule has 26 heavy (non-hydrogen) atoms. The molecule has 0 aliphatic carbocycles. The summed E-state index contributed by atoms with van der Waals surface area (Å²) in [6.07, 6.45) is -3.55. The van der Waals surface area contributed by atoms with Crippen molar-refractivity contribution < 1.29 is 27.9 Å². The smallest absolute Gasteiger partial charge is 0.416 e. The van der Waals surface area contributed by atoms with E-state index >= 15 is 0 Å². The highest BCUT2D eigenvalue weighted by Crippen LogP contribution is 2.34. The molecule has 0 bridgehead atoms. The van der Waals surface area contributed by atoms with Crippen LogP contribution in [0.15, 0.2) is 29.6 Å². The molecule has 1 aromatic heterocycles. The molecule has 1 aliphatic rings. The molecule has 1 unspecified atom stereocenters. The van der Waals surface area contributed by atoms with Crippen LogP contribution in [0.3, 0.4) is 0 Å². The van der Waals surface area contributed by atoms with Crippen molar-refractivity contribution in [2.24, 2.45) is 0 Å². The van der Waals surface area contributed by atoms with Crippen molar-refractivity contribution >= 4 is 23.2 Å². The Balaban J connectivity index is 1.89. The van der Waals surface area contributed by atoms with Crippen molar-refractivity contribution in [3.63, 3.8) is 0 Å².